The van der Waals surface area contributed by atoms with Crippen molar-refractivity contribution in [2.45, 2.75) is 0 Å². The van der Waals surface area contributed by atoms with E-state index in [1.54, 1.807) is 0 Å². The van der Waals surface area contributed by atoms with E-state index in [0.29, 0.717) is 5.92 Å². The highest BCUT2D eigenvalue weighted by Crippen LogP contribution is 2.18. The summed E-state index contributed by atoms with van der Waals surface area (Å²) in [5, 5.41) is 6.01. The van der Waals surface area contributed by atoms with Gasteiger partial charge in [0.25, 0.3) is 0 Å². The lowest BCUT2D eigenvalue weighted by Gasteiger charge is -2.15. The molecule has 2 aliphatic rings. The lowest BCUT2D eigenvalue weighted by Crippen LogP contribution is -2.27. The van der Waals surface area contributed by atoms with Crippen LogP contribution in [-0.2, 0) is 0 Å². The summed E-state index contributed by atoms with van der Waals surface area (Å²) in [6, 6.07) is 8.54. The fraction of sp³-hybridized carbons (Fsp3) is 0.143. The second-order valence-corrected chi connectivity index (χ2v) is 3.95. The normalized spacial score (nSPS) is 22.1. The topological polar surface area (TPSA) is 12.0 Å². The highest BCUT2D eigenvalue weighted by atomic mass is 14.8. The summed E-state index contributed by atoms with van der Waals surface area (Å²) in [6.07, 6.45) is 10.8. The Bertz CT molecular complexity index is 549. The Morgan fingerprint density at radius 2 is 2.07 bits per heavy atom. The predicted octanol–water partition coefficient (Wildman–Crippen LogP) is 0.921. The molecule has 1 nitrogen and oxygen atoms in total. The summed E-state index contributed by atoms with van der Waals surface area (Å²) in [7, 11) is 0. The molecule has 0 amide bonds. The minimum absolute atomic E-state index is 0.509. The number of rotatable bonds is 0. The van der Waals surface area contributed by atoms with Crippen LogP contribution in [0.5, 0.6) is 0 Å². The second-order valence-electron chi connectivity index (χ2n) is 3.95. The fourth-order valence-corrected chi connectivity index (χ4v) is 2.23. The van der Waals surface area contributed by atoms with Crippen LogP contribution in [0.1, 0.15) is 0 Å². The largest absolute Gasteiger partial charge is 0.389 e. The minimum Gasteiger partial charge on any atom is -0.389 e. The Labute approximate surface area is 89.1 Å². The van der Waals surface area contributed by atoms with Gasteiger partial charge in [0.15, 0.2) is 0 Å². The fourth-order valence-electron chi connectivity index (χ4n) is 2.23. The first-order valence-corrected chi connectivity index (χ1v) is 5.33. The molecule has 0 fully saturated rings. The van der Waals surface area contributed by atoms with Crippen molar-refractivity contribution in [2.75, 3.05) is 6.54 Å². The average molecular weight is 195 g/mol. The molecule has 1 aromatic carbocycles. The van der Waals surface area contributed by atoms with Gasteiger partial charge >= 0.3 is 0 Å². The van der Waals surface area contributed by atoms with Gasteiger partial charge in [-0.05, 0) is 16.0 Å². The molecule has 1 aliphatic heterocycles. The van der Waals surface area contributed by atoms with E-state index in [0.717, 1.165) is 6.54 Å². The van der Waals surface area contributed by atoms with Gasteiger partial charge in [-0.2, -0.15) is 0 Å². The van der Waals surface area contributed by atoms with Crippen LogP contribution in [0.4, 0.5) is 0 Å². The van der Waals surface area contributed by atoms with Gasteiger partial charge < -0.3 is 5.32 Å². The minimum atomic E-state index is 0.509. The van der Waals surface area contributed by atoms with Gasteiger partial charge in [-0.25, -0.2) is 0 Å². The summed E-state index contributed by atoms with van der Waals surface area (Å²) < 4.78 is 0. The van der Waals surface area contributed by atoms with Crippen LogP contribution in [0.15, 0.2) is 48.6 Å². The number of benzene rings is 1. The van der Waals surface area contributed by atoms with Crippen molar-refractivity contribution in [2.24, 2.45) is 5.92 Å². The van der Waals surface area contributed by atoms with Crippen LogP contribution in [0.3, 0.4) is 0 Å². The summed E-state index contributed by atoms with van der Waals surface area (Å²) in [6.45, 7) is 0.991. The Hall–Kier alpha value is -1.76. The van der Waals surface area contributed by atoms with Crippen LogP contribution < -0.4 is 15.8 Å². The zero-order valence-electron chi connectivity index (χ0n) is 8.48. The van der Waals surface area contributed by atoms with Crippen molar-refractivity contribution in [3.8, 4) is 0 Å². The van der Waals surface area contributed by atoms with Crippen molar-refractivity contribution in [3.05, 3.63) is 59.0 Å². The first kappa shape index (κ1) is 8.54. The first-order valence-electron chi connectivity index (χ1n) is 5.33. The highest BCUT2D eigenvalue weighted by Gasteiger charge is 2.13. The van der Waals surface area contributed by atoms with E-state index in [1.165, 1.54) is 16.0 Å². The Kier molecular flexibility index (Phi) is 1.95. The molecule has 1 aromatic rings. The van der Waals surface area contributed by atoms with Crippen LogP contribution in [-0.4, -0.2) is 6.54 Å². The molecule has 74 valence electrons. The quantitative estimate of drug-likeness (QED) is 0.649. The van der Waals surface area contributed by atoms with Crippen molar-refractivity contribution in [3.63, 3.8) is 0 Å². The molecular weight excluding hydrogens is 182 g/mol. The van der Waals surface area contributed by atoms with Crippen molar-refractivity contribution in [1.82, 2.24) is 5.32 Å². The SMILES string of the molecule is C1=CC2=c3ccccc3=CNCC2C=C1. The highest BCUT2D eigenvalue weighted by molar-refractivity contribution is 5.65. The van der Waals surface area contributed by atoms with Gasteiger partial charge in [0, 0.05) is 18.7 Å². The van der Waals surface area contributed by atoms with E-state index in [9.17, 15) is 0 Å². The summed E-state index contributed by atoms with van der Waals surface area (Å²) in [5.41, 5.74) is 1.43. The molecule has 1 N–H and O–H groups in total. The molecule has 1 aliphatic carbocycles. The van der Waals surface area contributed by atoms with E-state index in [-0.39, 0.29) is 0 Å². The van der Waals surface area contributed by atoms with Crippen LogP contribution in [0.25, 0.3) is 11.8 Å². The van der Waals surface area contributed by atoms with E-state index in [2.05, 4.69) is 60.1 Å². The summed E-state index contributed by atoms with van der Waals surface area (Å²) in [5.74, 6) is 0.509. The molecular formula is C14H13N. The lowest BCUT2D eigenvalue weighted by molar-refractivity contribution is 0.769. The third-order valence-corrected chi connectivity index (χ3v) is 3.00. The molecule has 0 aromatic heterocycles. The molecule has 1 heteroatoms. The van der Waals surface area contributed by atoms with Gasteiger partial charge in [-0.15, -0.1) is 0 Å². The van der Waals surface area contributed by atoms with Gasteiger partial charge in [-0.1, -0.05) is 48.6 Å². The number of hydrogen-bond acceptors (Lipinski definition) is 1. The summed E-state index contributed by atoms with van der Waals surface area (Å²) in [4.78, 5) is 0. The predicted molar refractivity (Wildman–Crippen MR) is 63.3 cm³/mol. The zero-order valence-corrected chi connectivity index (χ0v) is 8.48. The monoisotopic (exact) mass is 195 g/mol. The standard InChI is InChI=1S/C14H13N/c1-3-7-13-11(5-1)9-15-10-12-6-2-4-8-14(12)13/h1-9,12,15H,10H2. The maximum Gasteiger partial charge on any atom is 0.0245 e. The summed E-state index contributed by atoms with van der Waals surface area (Å²) >= 11 is 0. The first-order chi connectivity index (χ1) is 7.45. The zero-order chi connectivity index (χ0) is 10.1. The third kappa shape index (κ3) is 1.40. The molecule has 15 heavy (non-hydrogen) atoms. The third-order valence-electron chi connectivity index (χ3n) is 3.00. The molecule has 0 saturated carbocycles. The maximum absolute atomic E-state index is 3.37. The molecule has 1 unspecified atom stereocenters. The molecule has 3 rings (SSSR count). The van der Waals surface area contributed by atoms with E-state index >= 15 is 0 Å². The van der Waals surface area contributed by atoms with Crippen LogP contribution in [0.2, 0.25) is 0 Å². The van der Waals surface area contributed by atoms with Crippen molar-refractivity contribution in [1.29, 1.82) is 0 Å². The molecule has 1 atom stereocenters. The molecule has 0 radical (unpaired) electrons. The molecule has 0 saturated heterocycles. The number of fused-ring (bicyclic) bond motifs is 2. The number of nitrogens with one attached hydrogen (secondary N) is 1. The van der Waals surface area contributed by atoms with Crippen LogP contribution >= 0.6 is 0 Å². The number of allylic oxidation sites excluding steroid dienone is 3. The number of hydrogen-bond donors (Lipinski definition) is 1. The van der Waals surface area contributed by atoms with E-state index < -0.39 is 0 Å². The Morgan fingerprint density at radius 3 is 3.07 bits per heavy atom. The molecule has 0 spiro atoms. The van der Waals surface area contributed by atoms with Crippen molar-refractivity contribution < 1.29 is 0 Å². The van der Waals surface area contributed by atoms with Gasteiger partial charge in [0.05, 0.1) is 0 Å². The van der Waals surface area contributed by atoms with E-state index in [1.807, 2.05) is 0 Å². The van der Waals surface area contributed by atoms with Gasteiger partial charge in [0.1, 0.15) is 0 Å². The van der Waals surface area contributed by atoms with E-state index in [4.69, 9.17) is 0 Å². The van der Waals surface area contributed by atoms with Gasteiger partial charge in [-0.3, -0.25) is 0 Å². The van der Waals surface area contributed by atoms with Crippen molar-refractivity contribution >= 4 is 11.8 Å². The Balaban J connectivity index is 2.38. The second kappa shape index (κ2) is 3.43. The van der Waals surface area contributed by atoms with Crippen LogP contribution in [0, 0.1) is 5.92 Å². The smallest absolute Gasteiger partial charge is 0.0245 e. The maximum atomic E-state index is 3.37. The average Bonchev–Trinajstić information content (AvgIpc) is 2.48. The molecule has 0 bridgehead atoms. The lowest BCUT2D eigenvalue weighted by atomic mass is 9.93. The molecule has 1 heterocycles. The Morgan fingerprint density at radius 1 is 1.13 bits per heavy atom. The van der Waals surface area contributed by atoms with Gasteiger partial charge in [0.2, 0.25) is 0 Å².